The van der Waals surface area contributed by atoms with Crippen LogP contribution in [0.4, 0.5) is 0 Å². The van der Waals surface area contributed by atoms with Gasteiger partial charge in [-0.3, -0.25) is 4.79 Å². The van der Waals surface area contributed by atoms with Crippen LogP contribution < -0.4 is 5.32 Å². The Morgan fingerprint density at radius 3 is 2.88 bits per heavy atom. The summed E-state index contributed by atoms with van der Waals surface area (Å²) in [6.07, 6.45) is 4.06. The second kappa shape index (κ2) is 3.34. The summed E-state index contributed by atoms with van der Waals surface area (Å²) in [5, 5.41) is 3.18. The monoisotopic (exact) mass is 215 g/mol. The van der Waals surface area contributed by atoms with E-state index in [0.717, 1.165) is 12.8 Å². The Morgan fingerprint density at radius 1 is 1.25 bits per heavy atom. The summed E-state index contributed by atoms with van der Waals surface area (Å²) in [4.78, 5) is 11.6. The largest absolute Gasteiger partial charge is 0.349 e. The first-order chi connectivity index (χ1) is 7.69. The van der Waals surface area contributed by atoms with Crippen molar-refractivity contribution in [1.29, 1.82) is 0 Å². The lowest BCUT2D eigenvalue weighted by Gasteiger charge is -2.46. The van der Waals surface area contributed by atoms with Gasteiger partial charge in [-0.05, 0) is 35.8 Å². The fourth-order valence-corrected chi connectivity index (χ4v) is 3.14. The van der Waals surface area contributed by atoms with E-state index in [1.807, 2.05) is 0 Å². The Hall–Kier alpha value is -1.31. The van der Waals surface area contributed by atoms with Crippen molar-refractivity contribution in [3.05, 3.63) is 35.4 Å². The number of rotatable bonds is 0. The topological polar surface area (TPSA) is 29.1 Å². The first-order valence-electron chi connectivity index (χ1n) is 6.06. The van der Waals surface area contributed by atoms with Crippen LogP contribution in [0.2, 0.25) is 0 Å². The van der Waals surface area contributed by atoms with E-state index in [4.69, 9.17) is 0 Å². The van der Waals surface area contributed by atoms with Crippen LogP contribution in [0.1, 0.15) is 43.4 Å². The third-order valence-electron chi connectivity index (χ3n) is 4.26. The van der Waals surface area contributed by atoms with Crippen molar-refractivity contribution in [2.45, 2.75) is 38.6 Å². The SMILES string of the molecule is C[C@@]12CCC(=O)NC1c1ccccc1CC2. The van der Waals surface area contributed by atoms with Crippen molar-refractivity contribution in [3.8, 4) is 0 Å². The van der Waals surface area contributed by atoms with Gasteiger partial charge in [-0.15, -0.1) is 0 Å². The first-order valence-corrected chi connectivity index (χ1v) is 6.06. The van der Waals surface area contributed by atoms with E-state index >= 15 is 0 Å². The molecule has 1 saturated heterocycles. The van der Waals surface area contributed by atoms with Gasteiger partial charge in [-0.1, -0.05) is 31.2 Å². The summed E-state index contributed by atoms with van der Waals surface area (Å²) in [6, 6.07) is 8.76. The number of amides is 1. The second-order valence-electron chi connectivity index (χ2n) is 5.35. The van der Waals surface area contributed by atoms with E-state index in [0.29, 0.717) is 6.42 Å². The van der Waals surface area contributed by atoms with Crippen LogP contribution in [0, 0.1) is 5.41 Å². The highest BCUT2D eigenvalue weighted by Crippen LogP contribution is 2.48. The fourth-order valence-electron chi connectivity index (χ4n) is 3.14. The molecule has 1 N–H and O–H groups in total. The molecule has 1 fully saturated rings. The fraction of sp³-hybridized carbons (Fsp3) is 0.500. The van der Waals surface area contributed by atoms with Crippen LogP contribution >= 0.6 is 0 Å². The number of hydrogen-bond donors (Lipinski definition) is 1. The molecule has 1 aliphatic carbocycles. The van der Waals surface area contributed by atoms with Crippen molar-refractivity contribution in [3.63, 3.8) is 0 Å². The minimum absolute atomic E-state index is 0.208. The summed E-state index contributed by atoms with van der Waals surface area (Å²) in [7, 11) is 0. The van der Waals surface area contributed by atoms with Gasteiger partial charge in [0.2, 0.25) is 5.91 Å². The highest BCUT2D eigenvalue weighted by Gasteiger charge is 2.42. The molecule has 1 aromatic rings. The molecule has 0 radical (unpaired) electrons. The van der Waals surface area contributed by atoms with E-state index in [9.17, 15) is 4.79 Å². The average molecular weight is 215 g/mol. The Kier molecular flexibility index (Phi) is 2.06. The second-order valence-corrected chi connectivity index (χ2v) is 5.35. The number of carbonyl (C=O) groups excluding carboxylic acids is 1. The van der Waals surface area contributed by atoms with Gasteiger partial charge < -0.3 is 5.32 Å². The quantitative estimate of drug-likeness (QED) is 0.708. The maximum atomic E-state index is 11.6. The number of fused-ring (bicyclic) bond motifs is 3. The summed E-state index contributed by atoms with van der Waals surface area (Å²) < 4.78 is 0. The van der Waals surface area contributed by atoms with Crippen molar-refractivity contribution >= 4 is 5.91 Å². The van der Waals surface area contributed by atoms with Crippen LogP contribution in [0.3, 0.4) is 0 Å². The summed E-state index contributed by atoms with van der Waals surface area (Å²) in [6.45, 7) is 2.31. The maximum absolute atomic E-state index is 11.6. The number of piperidine rings is 1. The van der Waals surface area contributed by atoms with Crippen molar-refractivity contribution in [1.82, 2.24) is 5.32 Å². The van der Waals surface area contributed by atoms with Gasteiger partial charge >= 0.3 is 0 Å². The average Bonchev–Trinajstić information content (AvgIpc) is 2.31. The van der Waals surface area contributed by atoms with E-state index in [1.54, 1.807) is 0 Å². The van der Waals surface area contributed by atoms with Gasteiger partial charge in [0.25, 0.3) is 0 Å². The Balaban J connectivity index is 2.06. The van der Waals surface area contributed by atoms with Gasteiger partial charge in [0.05, 0.1) is 6.04 Å². The molecule has 0 saturated carbocycles. The highest BCUT2D eigenvalue weighted by atomic mass is 16.1. The predicted octanol–water partition coefficient (Wildman–Crippen LogP) is 2.59. The Bertz CT molecular complexity index is 440. The zero-order valence-electron chi connectivity index (χ0n) is 9.62. The molecule has 1 unspecified atom stereocenters. The molecule has 3 rings (SSSR count). The van der Waals surface area contributed by atoms with Crippen molar-refractivity contribution in [2.75, 3.05) is 0 Å². The normalized spacial score (nSPS) is 32.6. The van der Waals surface area contributed by atoms with E-state index in [2.05, 4.69) is 36.5 Å². The van der Waals surface area contributed by atoms with Crippen LogP contribution in [-0.2, 0) is 11.2 Å². The van der Waals surface area contributed by atoms with E-state index < -0.39 is 0 Å². The third kappa shape index (κ3) is 1.36. The van der Waals surface area contributed by atoms with Gasteiger partial charge in [0.15, 0.2) is 0 Å². The number of carbonyl (C=O) groups is 1. The molecule has 84 valence electrons. The van der Waals surface area contributed by atoms with Crippen molar-refractivity contribution < 1.29 is 4.79 Å². The minimum Gasteiger partial charge on any atom is -0.349 e. The molecule has 0 bridgehead atoms. The highest BCUT2D eigenvalue weighted by molar-refractivity contribution is 5.77. The van der Waals surface area contributed by atoms with Gasteiger partial charge in [0, 0.05) is 6.42 Å². The maximum Gasteiger partial charge on any atom is 0.220 e. The van der Waals surface area contributed by atoms with Crippen molar-refractivity contribution in [2.24, 2.45) is 5.41 Å². The summed E-state index contributed by atoms with van der Waals surface area (Å²) in [5.74, 6) is 0.208. The summed E-state index contributed by atoms with van der Waals surface area (Å²) >= 11 is 0. The number of aryl methyl sites for hydroxylation is 1. The molecule has 16 heavy (non-hydrogen) atoms. The van der Waals surface area contributed by atoms with Gasteiger partial charge in [0.1, 0.15) is 0 Å². The molecule has 1 aliphatic heterocycles. The molecule has 2 heteroatoms. The molecular formula is C14H17NO. The zero-order chi connectivity index (χ0) is 11.2. The lowest BCUT2D eigenvalue weighted by molar-refractivity contribution is -0.126. The lowest BCUT2D eigenvalue weighted by atomic mass is 9.65. The van der Waals surface area contributed by atoms with Crippen LogP contribution in [0.25, 0.3) is 0 Å². The molecular weight excluding hydrogens is 198 g/mol. The molecule has 1 aromatic carbocycles. The first kappa shape index (κ1) is 9.88. The zero-order valence-corrected chi connectivity index (χ0v) is 9.62. The number of benzene rings is 1. The molecule has 1 amide bonds. The summed E-state index contributed by atoms with van der Waals surface area (Å²) in [5.41, 5.74) is 3.01. The standard InChI is InChI=1S/C14H17NO/c1-14-8-6-10-4-2-3-5-11(10)13(14)15-12(16)7-9-14/h2-5,13H,6-9H2,1H3,(H,15,16)/t13?,14-/m1/s1. The van der Waals surface area contributed by atoms with Gasteiger partial charge in [-0.2, -0.15) is 0 Å². The van der Waals surface area contributed by atoms with E-state index in [1.165, 1.54) is 17.5 Å². The van der Waals surface area contributed by atoms with Crippen LogP contribution in [-0.4, -0.2) is 5.91 Å². The predicted molar refractivity (Wildman–Crippen MR) is 63.0 cm³/mol. The number of hydrogen-bond acceptors (Lipinski definition) is 1. The molecule has 1 heterocycles. The third-order valence-corrected chi connectivity index (χ3v) is 4.26. The molecule has 2 aliphatic rings. The van der Waals surface area contributed by atoms with E-state index in [-0.39, 0.29) is 17.4 Å². The number of nitrogens with one attached hydrogen (secondary N) is 1. The van der Waals surface area contributed by atoms with Crippen LogP contribution in [0.5, 0.6) is 0 Å². The molecule has 0 aromatic heterocycles. The smallest absolute Gasteiger partial charge is 0.220 e. The Morgan fingerprint density at radius 2 is 2.00 bits per heavy atom. The van der Waals surface area contributed by atoms with Crippen LogP contribution in [0.15, 0.2) is 24.3 Å². The lowest BCUT2D eigenvalue weighted by Crippen LogP contribution is -2.47. The minimum atomic E-state index is 0.208. The molecule has 0 spiro atoms. The Labute approximate surface area is 96.1 Å². The molecule has 2 nitrogen and oxygen atoms in total. The molecule has 2 atom stereocenters. The van der Waals surface area contributed by atoms with Gasteiger partial charge in [-0.25, -0.2) is 0 Å².